The zero-order chi connectivity index (χ0) is 17.4. The first-order valence-corrected chi connectivity index (χ1v) is 8.62. The van der Waals surface area contributed by atoms with Crippen LogP contribution in [0.3, 0.4) is 0 Å². The van der Waals surface area contributed by atoms with Crippen LogP contribution in [0.15, 0.2) is 59.1 Å². The average molecular weight is 349 g/mol. The van der Waals surface area contributed by atoms with E-state index in [0.717, 1.165) is 15.8 Å². The highest BCUT2D eigenvalue weighted by Gasteiger charge is 2.26. The molecule has 0 spiro atoms. The number of anilines is 1. The first-order valence-electron chi connectivity index (χ1n) is 7.80. The van der Waals surface area contributed by atoms with E-state index in [2.05, 4.69) is 10.1 Å². The SMILES string of the molecule is Cc1onc(-c2ccccc2)c1C(=O)N(C)c1nc2ccccc2s1. The van der Waals surface area contributed by atoms with Crippen LogP contribution in [0.2, 0.25) is 0 Å². The lowest BCUT2D eigenvalue weighted by atomic mass is 10.1. The zero-order valence-electron chi connectivity index (χ0n) is 13.8. The number of nitrogens with zero attached hydrogens (tertiary/aromatic N) is 3. The molecule has 4 rings (SSSR count). The number of carbonyl (C=O) groups excluding carboxylic acids is 1. The minimum Gasteiger partial charge on any atom is -0.360 e. The molecule has 0 aliphatic rings. The van der Waals surface area contributed by atoms with Crippen molar-refractivity contribution >= 4 is 32.6 Å². The molecule has 0 saturated carbocycles. The molecule has 0 bridgehead atoms. The molecule has 0 N–H and O–H groups in total. The summed E-state index contributed by atoms with van der Waals surface area (Å²) in [5.41, 5.74) is 2.75. The normalized spacial score (nSPS) is 11.0. The summed E-state index contributed by atoms with van der Waals surface area (Å²) >= 11 is 1.48. The highest BCUT2D eigenvalue weighted by atomic mass is 32.1. The average Bonchev–Trinajstić information content (AvgIpc) is 3.24. The Morgan fingerprint density at radius 2 is 1.80 bits per heavy atom. The van der Waals surface area contributed by atoms with Crippen LogP contribution in [0.5, 0.6) is 0 Å². The van der Waals surface area contributed by atoms with Crippen LogP contribution < -0.4 is 4.90 Å². The van der Waals surface area contributed by atoms with Crippen LogP contribution in [-0.4, -0.2) is 23.1 Å². The van der Waals surface area contributed by atoms with Crippen LogP contribution >= 0.6 is 11.3 Å². The van der Waals surface area contributed by atoms with Crippen LogP contribution in [0, 0.1) is 6.92 Å². The van der Waals surface area contributed by atoms with Gasteiger partial charge in [-0.3, -0.25) is 9.69 Å². The molecule has 25 heavy (non-hydrogen) atoms. The summed E-state index contributed by atoms with van der Waals surface area (Å²) in [6, 6.07) is 17.4. The molecule has 2 aromatic heterocycles. The molecule has 0 aliphatic heterocycles. The first kappa shape index (κ1) is 15.5. The fraction of sp³-hybridized carbons (Fsp3) is 0.105. The molecule has 0 aliphatic carbocycles. The van der Waals surface area contributed by atoms with Crippen molar-refractivity contribution in [2.75, 3.05) is 11.9 Å². The Labute approximate surface area is 148 Å². The molecule has 2 aromatic carbocycles. The second kappa shape index (κ2) is 6.14. The quantitative estimate of drug-likeness (QED) is 0.545. The minimum absolute atomic E-state index is 0.184. The summed E-state index contributed by atoms with van der Waals surface area (Å²) < 4.78 is 6.35. The predicted molar refractivity (Wildman–Crippen MR) is 99.0 cm³/mol. The highest BCUT2D eigenvalue weighted by Crippen LogP contribution is 2.31. The van der Waals surface area contributed by atoms with Gasteiger partial charge in [0.05, 0.1) is 10.2 Å². The molecule has 4 aromatic rings. The number of hydrogen-bond donors (Lipinski definition) is 0. The van der Waals surface area contributed by atoms with E-state index in [-0.39, 0.29) is 5.91 Å². The van der Waals surface area contributed by atoms with Crippen molar-refractivity contribution in [1.29, 1.82) is 0 Å². The smallest absolute Gasteiger partial charge is 0.265 e. The van der Waals surface area contributed by atoms with Gasteiger partial charge in [0.2, 0.25) is 0 Å². The highest BCUT2D eigenvalue weighted by molar-refractivity contribution is 7.22. The number of thiazole rings is 1. The van der Waals surface area contributed by atoms with Crippen molar-refractivity contribution in [2.24, 2.45) is 0 Å². The number of fused-ring (bicyclic) bond motifs is 1. The van der Waals surface area contributed by atoms with Gasteiger partial charge in [0.15, 0.2) is 5.13 Å². The van der Waals surface area contributed by atoms with Gasteiger partial charge in [-0.25, -0.2) is 4.98 Å². The summed E-state index contributed by atoms with van der Waals surface area (Å²) in [6.45, 7) is 1.75. The van der Waals surface area contributed by atoms with E-state index < -0.39 is 0 Å². The van der Waals surface area contributed by atoms with E-state index >= 15 is 0 Å². The van der Waals surface area contributed by atoms with Crippen LogP contribution in [0.4, 0.5) is 5.13 Å². The molecular formula is C19H15N3O2S. The van der Waals surface area contributed by atoms with Gasteiger partial charge in [0, 0.05) is 12.6 Å². The monoisotopic (exact) mass is 349 g/mol. The standard InChI is InChI=1S/C19H15N3O2S/c1-12-16(17(21-24-12)13-8-4-3-5-9-13)18(23)22(2)19-20-14-10-6-7-11-15(14)25-19/h3-11H,1-2H3. The summed E-state index contributed by atoms with van der Waals surface area (Å²) in [5.74, 6) is 0.313. The van der Waals surface area contributed by atoms with E-state index in [9.17, 15) is 4.79 Å². The van der Waals surface area contributed by atoms with Crippen molar-refractivity contribution in [3.63, 3.8) is 0 Å². The van der Waals surface area contributed by atoms with E-state index in [0.29, 0.717) is 22.1 Å². The molecule has 124 valence electrons. The Morgan fingerprint density at radius 1 is 1.08 bits per heavy atom. The Morgan fingerprint density at radius 3 is 2.56 bits per heavy atom. The lowest BCUT2D eigenvalue weighted by Crippen LogP contribution is -2.26. The molecule has 0 atom stereocenters. The predicted octanol–water partition coefficient (Wildman–Crippen LogP) is 4.54. The molecule has 0 unspecified atom stereocenters. The fourth-order valence-electron chi connectivity index (χ4n) is 2.68. The second-order valence-corrected chi connectivity index (χ2v) is 6.67. The molecular weight excluding hydrogens is 334 g/mol. The lowest BCUT2D eigenvalue weighted by molar-refractivity contribution is 0.0992. The van der Waals surface area contributed by atoms with Crippen molar-refractivity contribution in [3.8, 4) is 11.3 Å². The van der Waals surface area contributed by atoms with Crippen LogP contribution in [-0.2, 0) is 0 Å². The number of hydrogen-bond acceptors (Lipinski definition) is 5. The van der Waals surface area contributed by atoms with E-state index in [1.54, 1.807) is 18.9 Å². The van der Waals surface area contributed by atoms with E-state index in [1.807, 2.05) is 54.6 Å². The van der Waals surface area contributed by atoms with Crippen molar-refractivity contribution in [3.05, 3.63) is 65.9 Å². The molecule has 0 radical (unpaired) electrons. The van der Waals surface area contributed by atoms with Gasteiger partial charge in [-0.2, -0.15) is 0 Å². The third-order valence-electron chi connectivity index (χ3n) is 4.00. The van der Waals surface area contributed by atoms with Gasteiger partial charge in [-0.05, 0) is 19.1 Å². The molecule has 5 nitrogen and oxygen atoms in total. The lowest BCUT2D eigenvalue weighted by Gasteiger charge is -2.13. The summed E-state index contributed by atoms with van der Waals surface area (Å²) in [4.78, 5) is 19.2. The van der Waals surface area contributed by atoms with Crippen molar-refractivity contribution in [1.82, 2.24) is 10.1 Å². The number of amides is 1. The number of para-hydroxylation sites is 1. The number of aryl methyl sites for hydroxylation is 1. The third-order valence-corrected chi connectivity index (χ3v) is 5.11. The zero-order valence-corrected chi connectivity index (χ0v) is 14.6. The summed E-state index contributed by atoms with van der Waals surface area (Å²) in [7, 11) is 1.72. The van der Waals surface area contributed by atoms with Gasteiger partial charge in [-0.15, -0.1) is 0 Å². The maximum absolute atomic E-state index is 13.1. The topological polar surface area (TPSA) is 59.2 Å². The summed E-state index contributed by atoms with van der Waals surface area (Å²) in [5, 5.41) is 4.73. The Kier molecular flexibility index (Phi) is 3.82. The number of benzene rings is 2. The van der Waals surface area contributed by atoms with Gasteiger partial charge in [-0.1, -0.05) is 59.0 Å². The number of rotatable bonds is 3. The molecule has 0 saturated heterocycles. The molecule has 2 heterocycles. The Bertz CT molecular complexity index is 1020. The number of aromatic nitrogens is 2. The minimum atomic E-state index is -0.184. The third kappa shape index (κ3) is 2.70. The summed E-state index contributed by atoms with van der Waals surface area (Å²) in [6.07, 6.45) is 0. The van der Waals surface area contributed by atoms with Gasteiger partial charge in [0.1, 0.15) is 17.0 Å². The Hall–Kier alpha value is -2.99. The van der Waals surface area contributed by atoms with Crippen molar-refractivity contribution < 1.29 is 9.32 Å². The fourth-order valence-corrected chi connectivity index (χ4v) is 3.60. The second-order valence-electron chi connectivity index (χ2n) is 5.66. The molecule has 1 amide bonds. The first-order chi connectivity index (χ1) is 12.1. The molecule has 6 heteroatoms. The maximum atomic E-state index is 13.1. The maximum Gasteiger partial charge on any atom is 0.265 e. The van der Waals surface area contributed by atoms with Gasteiger partial charge >= 0.3 is 0 Å². The van der Waals surface area contributed by atoms with Crippen molar-refractivity contribution in [2.45, 2.75) is 6.92 Å². The number of carbonyl (C=O) groups is 1. The largest absolute Gasteiger partial charge is 0.360 e. The van der Waals surface area contributed by atoms with E-state index in [1.165, 1.54) is 11.3 Å². The van der Waals surface area contributed by atoms with Crippen LogP contribution in [0.25, 0.3) is 21.5 Å². The molecule has 0 fully saturated rings. The van der Waals surface area contributed by atoms with Gasteiger partial charge < -0.3 is 4.52 Å². The van der Waals surface area contributed by atoms with Gasteiger partial charge in [0.25, 0.3) is 5.91 Å². The Balaban J connectivity index is 1.75. The van der Waals surface area contributed by atoms with Crippen LogP contribution in [0.1, 0.15) is 16.1 Å². The van der Waals surface area contributed by atoms with E-state index in [4.69, 9.17) is 4.52 Å².